The van der Waals surface area contributed by atoms with E-state index in [0.717, 1.165) is 32.4 Å². The molecule has 1 aromatic rings. The topological polar surface area (TPSA) is 111 Å². The number of hydrogen-bond donors (Lipinski definition) is 3. The van der Waals surface area contributed by atoms with Gasteiger partial charge < -0.3 is 25.8 Å². The summed E-state index contributed by atoms with van der Waals surface area (Å²) in [5.74, 6) is -0.785. The largest absolute Gasteiger partial charge is 0.354 e. The number of piperidine rings is 2. The van der Waals surface area contributed by atoms with E-state index in [1.54, 1.807) is 21.9 Å². The van der Waals surface area contributed by atoms with Crippen molar-refractivity contribution in [3.8, 4) is 0 Å². The van der Waals surface area contributed by atoms with Crippen molar-refractivity contribution in [2.45, 2.75) is 37.8 Å². The van der Waals surface area contributed by atoms with Crippen LogP contribution in [-0.4, -0.2) is 84.8 Å². The minimum atomic E-state index is -0.816. The van der Waals surface area contributed by atoms with E-state index >= 15 is 0 Å². The SMILES string of the molecule is O=C(N[C@@H]1CCCNC1=O)[C@H]1CN(C(=O)C2CCNCC2)CCN1C(=O)c1cccs1. The molecular formula is C21H29N5O4S. The summed E-state index contributed by atoms with van der Waals surface area (Å²) in [5.41, 5.74) is 0. The lowest BCUT2D eigenvalue weighted by Gasteiger charge is -2.42. The van der Waals surface area contributed by atoms with E-state index < -0.39 is 12.1 Å². The molecule has 0 radical (unpaired) electrons. The fourth-order valence-electron chi connectivity index (χ4n) is 4.50. The Bertz CT molecular complexity index is 824. The van der Waals surface area contributed by atoms with Crippen molar-refractivity contribution in [3.05, 3.63) is 22.4 Å². The second-order valence-corrected chi connectivity index (χ2v) is 9.24. The molecule has 4 amide bonds. The zero-order valence-electron chi connectivity index (χ0n) is 17.5. The van der Waals surface area contributed by atoms with E-state index in [4.69, 9.17) is 0 Å². The van der Waals surface area contributed by atoms with Crippen molar-refractivity contribution >= 4 is 35.0 Å². The number of piperazine rings is 1. The number of rotatable bonds is 4. The fraction of sp³-hybridized carbons (Fsp3) is 0.619. The van der Waals surface area contributed by atoms with Gasteiger partial charge in [-0.15, -0.1) is 11.3 Å². The minimum Gasteiger partial charge on any atom is -0.354 e. The average molecular weight is 448 g/mol. The molecule has 0 spiro atoms. The zero-order chi connectivity index (χ0) is 21.8. The van der Waals surface area contributed by atoms with Crippen molar-refractivity contribution in [3.63, 3.8) is 0 Å². The molecule has 3 fully saturated rings. The maximum absolute atomic E-state index is 13.2. The maximum atomic E-state index is 13.2. The summed E-state index contributed by atoms with van der Waals surface area (Å²) in [6.45, 7) is 3.09. The monoisotopic (exact) mass is 447 g/mol. The predicted octanol–water partition coefficient (Wildman–Crippen LogP) is -0.204. The Balaban J connectivity index is 1.50. The average Bonchev–Trinajstić information content (AvgIpc) is 3.35. The van der Waals surface area contributed by atoms with E-state index in [1.165, 1.54) is 11.3 Å². The van der Waals surface area contributed by atoms with E-state index in [1.807, 2.05) is 5.38 Å². The van der Waals surface area contributed by atoms with Crippen LogP contribution in [0.15, 0.2) is 17.5 Å². The van der Waals surface area contributed by atoms with Gasteiger partial charge in [-0.2, -0.15) is 0 Å². The van der Waals surface area contributed by atoms with Crippen LogP contribution in [0.4, 0.5) is 0 Å². The van der Waals surface area contributed by atoms with Gasteiger partial charge in [-0.05, 0) is 50.2 Å². The second kappa shape index (κ2) is 9.78. The first-order chi connectivity index (χ1) is 15.0. The van der Waals surface area contributed by atoms with E-state index in [-0.39, 0.29) is 36.1 Å². The lowest BCUT2D eigenvalue weighted by atomic mass is 9.95. The van der Waals surface area contributed by atoms with Crippen molar-refractivity contribution in [1.82, 2.24) is 25.8 Å². The number of amides is 4. The van der Waals surface area contributed by atoms with Gasteiger partial charge in [0.05, 0.1) is 11.4 Å². The van der Waals surface area contributed by atoms with Crippen molar-refractivity contribution in [2.75, 3.05) is 39.3 Å². The number of carbonyl (C=O) groups is 4. The van der Waals surface area contributed by atoms with Crippen LogP contribution in [0.25, 0.3) is 0 Å². The third-order valence-electron chi connectivity index (χ3n) is 6.28. The number of nitrogens with one attached hydrogen (secondary N) is 3. The first kappa shape index (κ1) is 21.8. The van der Waals surface area contributed by atoms with Crippen LogP contribution in [0.2, 0.25) is 0 Å². The molecule has 2 atom stereocenters. The van der Waals surface area contributed by atoms with E-state index in [9.17, 15) is 19.2 Å². The number of carbonyl (C=O) groups excluding carboxylic acids is 4. The molecule has 0 aromatic carbocycles. The van der Waals surface area contributed by atoms with Gasteiger partial charge >= 0.3 is 0 Å². The van der Waals surface area contributed by atoms with Gasteiger partial charge in [0.25, 0.3) is 5.91 Å². The van der Waals surface area contributed by atoms with Crippen molar-refractivity contribution < 1.29 is 19.2 Å². The van der Waals surface area contributed by atoms with Crippen molar-refractivity contribution in [2.24, 2.45) is 5.92 Å². The molecule has 168 valence electrons. The zero-order valence-corrected chi connectivity index (χ0v) is 18.3. The molecule has 0 aliphatic carbocycles. The Kier molecular flexibility index (Phi) is 6.86. The Hall–Kier alpha value is -2.46. The normalized spacial score (nSPS) is 25.1. The molecule has 10 heteroatoms. The third-order valence-corrected chi connectivity index (χ3v) is 7.14. The molecule has 3 aliphatic heterocycles. The Morgan fingerprint density at radius 1 is 1.10 bits per heavy atom. The van der Waals surface area contributed by atoms with Gasteiger partial charge in [-0.1, -0.05) is 6.07 Å². The van der Waals surface area contributed by atoms with Crippen LogP contribution in [0.5, 0.6) is 0 Å². The number of thiophene rings is 1. The molecule has 0 unspecified atom stereocenters. The summed E-state index contributed by atoms with van der Waals surface area (Å²) in [6.07, 6.45) is 2.93. The molecule has 3 saturated heterocycles. The first-order valence-electron chi connectivity index (χ1n) is 11.0. The lowest BCUT2D eigenvalue weighted by molar-refractivity contribution is -0.142. The van der Waals surface area contributed by atoms with Crippen LogP contribution < -0.4 is 16.0 Å². The molecule has 4 rings (SSSR count). The van der Waals surface area contributed by atoms with E-state index in [0.29, 0.717) is 30.9 Å². The smallest absolute Gasteiger partial charge is 0.264 e. The van der Waals surface area contributed by atoms with Gasteiger partial charge in [-0.25, -0.2) is 0 Å². The molecule has 0 saturated carbocycles. The van der Waals surface area contributed by atoms with Gasteiger partial charge in [0, 0.05) is 25.6 Å². The van der Waals surface area contributed by atoms with E-state index in [2.05, 4.69) is 16.0 Å². The summed E-state index contributed by atoms with van der Waals surface area (Å²) >= 11 is 1.33. The van der Waals surface area contributed by atoms with Gasteiger partial charge in [0.2, 0.25) is 17.7 Å². The van der Waals surface area contributed by atoms with Gasteiger partial charge in [0.15, 0.2) is 0 Å². The Morgan fingerprint density at radius 2 is 1.90 bits per heavy atom. The van der Waals surface area contributed by atoms with Crippen LogP contribution >= 0.6 is 11.3 Å². The number of hydrogen-bond acceptors (Lipinski definition) is 6. The van der Waals surface area contributed by atoms with Crippen LogP contribution in [-0.2, 0) is 14.4 Å². The minimum absolute atomic E-state index is 0.0476. The summed E-state index contributed by atoms with van der Waals surface area (Å²) in [5, 5.41) is 10.7. The highest BCUT2D eigenvalue weighted by atomic mass is 32.1. The highest BCUT2D eigenvalue weighted by Crippen LogP contribution is 2.22. The summed E-state index contributed by atoms with van der Waals surface area (Å²) in [4.78, 5) is 55.3. The second-order valence-electron chi connectivity index (χ2n) is 8.29. The lowest BCUT2D eigenvalue weighted by Crippen LogP contribution is -2.64. The molecular weight excluding hydrogens is 418 g/mol. The van der Waals surface area contributed by atoms with Crippen LogP contribution in [0, 0.1) is 5.92 Å². The van der Waals surface area contributed by atoms with Crippen LogP contribution in [0.1, 0.15) is 35.4 Å². The third kappa shape index (κ3) is 4.90. The predicted molar refractivity (Wildman–Crippen MR) is 115 cm³/mol. The van der Waals surface area contributed by atoms with Gasteiger partial charge in [0.1, 0.15) is 12.1 Å². The molecule has 31 heavy (non-hydrogen) atoms. The highest BCUT2D eigenvalue weighted by molar-refractivity contribution is 7.12. The molecule has 1 aromatic heterocycles. The first-order valence-corrected chi connectivity index (χ1v) is 11.8. The molecule has 4 heterocycles. The van der Waals surface area contributed by atoms with Gasteiger partial charge in [-0.3, -0.25) is 19.2 Å². The Morgan fingerprint density at radius 3 is 2.61 bits per heavy atom. The fourth-order valence-corrected chi connectivity index (χ4v) is 5.18. The standard InChI is InChI=1S/C21H29N5O4S/c27-18-15(3-1-7-23-18)24-19(28)16-13-25(20(29)14-5-8-22-9-6-14)10-11-26(16)21(30)17-4-2-12-31-17/h2,4,12,14-16,22H,1,3,5-11,13H2,(H,23,27)(H,24,28)/t15-,16-/m1/s1. The summed E-state index contributed by atoms with van der Waals surface area (Å²) < 4.78 is 0. The molecule has 3 aliphatic rings. The quantitative estimate of drug-likeness (QED) is 0.592. The highest BCUT2D eigenvalue weighted by Gasteiger charge is 2.40. The summed E-state index contributed by atoms with van der Waals surface area (Å²) in [6, 6.07) is 2.12. The molecule has 9 nitrogen and oxygen atoms in total. The molecule has 3 N–H and O–H groups in total. The maximum Gasteiger partial charge on any atom is 0.264 e. The Labute approximate surface area is 185 Å². The number of nitrogens with zero attached hydrogens (tertiary/aromatic N) is 2. The van der Waals surface area contributed by atoms with Crippen LogP contribution in [0.3, 0.4) is 0 Å². The summed E-state index contributed by atoms with van der Waals surface area (Å²) in [7, 11) is 0. The molecule has 0 bridgehead atoms. The van der Waals surface area contributed by atoms with Crippen molar-refractivity contribution in [1.29, 1.82) is 0 Å².